The van der Waals surface area contributed by atoms with E-state index in [-0.39, 0.29) is 22.1 Å². The van der Waals surface area contributed by atoms with Crippen molar-refractivity contribution in [2.24, 2.45) is 0 Å². The van der Waals surface area contributed by atoms with E-state index in [0.717, 1.165) is 6.07 Å². The fourth-order valence-corrected chi connectivity index (χ4v) is 4.41. The van der Waals surface area contributed by atoms with Crippen LogP contribution in [0.25, 0.3) is 0 Å². The van der Waals surface area contributed by atoms with Gasteiger partial charge in [-0.25, -0.2) is 17.6 Å². The molecule has 6 nitrogen and oxygen atoms in total. The molecule has 9 heteroatoms. The van der Waals surface area contributed by atoms with Crippen LogP contribution in [0.2, 0.25) is 5.02 Å². The molecule has 0 aromatic heterocycles. The molecule has 2 rings (SSSR count). The standard InChI is InChI=1S/C15H17ClFNO5S/c1-9(14(19)18(2)11-5-6-24(21,22)8-11)23-15(20)12-4-3-10(16)7-13(12)17/h3-4,7,9,11H,5-6,8H2,1-2H3/t9-,11+/m0/s1. The monoisotopic (exact) mass is 377 g/mol. The van der Waals surface area contributed by atoms with Gasteiger partial charge in [0.25, 0.3) is 5.91 Å². The maximum Gasteiger partial charge on any atom is 0.341 e. The van der Waals surface area contributed by atoms with Crippen LogP contribution < -0.4 is 0 Å². The third-order valence-electron chi connectivity index (χ3n) is 3.89. The molecule has 1 aliphatic rings. The van der Waals surface area contributed by atoms with Crippen molar-refractivity contribution in [2.75, 3.05) is 18.6 Å². The number of halogens is 2. The van der Waals surface area contributed by atoms with Crippen molar-refractivity contribution < 1.29 is 27.1 Å². The Kier molecular flexibility index (Phi) is 5.49. The number of amides is 1. The van der Waals surface area contributed by atoms with E-state index in [4.69, 9.17) is 16.3 Å². The van der Waals surface area contributed by atoms with Crippen LogP contribution in [-0.4, -0.2) is 55.9 Å². The third kappa shape index (κ3) is 4.24. The smallest absolute Gasteiger partial charge is 0.341 e. The maximum absolute atomic E-state index is 13.7. The molecule has 0 spiro atoms. The van der Waals surface area contributed by atoms with Gasteiger partial charge in [0.15, 0.2) is 15.9 Å². The van der Waals surface area contributed by atoms with Gasteiger partial charge >= 0.3 is 5.97 Å². The van der Waals surface area contributed by atoms with Gasteiger partial charge in [0.05, 0.1) is 17.1 Å². The average Bonchev–Trinajstić information content (AvgIpc) is 2.85. The predicted molar refractivity (Wildman–Crippen MR) is 86.1 cm³/mol. The summed E-state index contributed by atoms with van der Waals surface area (Å²) in [5.74, 6) is -2.46. The Morgan fingerprint density at radius 2 is 2.08 bits per heavy atom. The average molecular weight is 378 g/mol. The fraction of sp³-hybridized carbons (Fsp3) is 0.467. The second-order valence-electron chi connectivity index (χ2n) is 5.68. The Morgan fingerprint density at radius 3 is 2.62 bits per heavy atom. The van der Waals surface area contributed by atoms with Gasteiger partial charge in [-0.1, -0.05) is 11.6 Å². The number of carbonyl (C=O) groups is 2. The summed E-state index contributed by atoms with van der Waals surface area (Å²) in [7, 11) is -1.68. The Balaban J connectivity index is 2.02. The molecule has 1 amide bonds. The molecule has 0 radical (unpaired) electrons. The molecule has 0 unspecified atom stereocenters. The highest BCUT2D eigenvalue weighted by Gasteiger charge is 2.35. The highest BCUT2D eigenvalue weighted by Crippen LogP contribution is 2.19. The van der Waals surface area contributed by atoms with E-state index in [1.54, 1.807) is 0 Å². The molecule has 0 saturated carbocycles. The molecule has 2 atom stereocenters. The van der Waals surface area contributed by atoms with Crippen molar-refractivity contribution in [1.29, 1.82) is 0 Å². The Morgan fingerprint density at radius 1 is 1.42 bits per heavy atom. The number of ether oxygens (including phenoxy) is 1. The summed E-state index contributed by atoms with van der Waals surface area (Å²) in [6, 6.07) is 3.03. The Hall–Kier alpha value is -1.67. The zero-order valence-corrected chi connectivity index (χ0v) is 14.7. The van der Waals surface area contributed by atoms with E-state index in [0.29, 0.717) is 6.42 Å². The minimum atomic E-state index is -3.14. The number of hydrogen-bond donors (Lipinski definition) is 0. The first-order valence-electron chi connectivity index (χ1n) is 7.24. The summed E-state index contributed by atoms with van der Waals surface area (Å²) >= 11 is 5.61. The second kappa shape index (κ2) is 7.06. The van der Waals surface area contributed by atoms with Gasteiger partial charge in [0.2, 0.25) is 0 Å². The lowest BCUT2D eigenvalue weighted by Gasteiger charge is -2.26. The molecule has 1 heterocycles. The van der Waals surface area contributed by atoms with Crippen LogP contribution in [0.1, 0.15) is 23.7 Å². The van der Waals surface area contributed by atoms with Gasteiger partial charge in [-0.3, -0.25) is 4.79 Å². The molecule has 1 aliphatic heterocycles. The first-order chi connectivity index (χ1) is 11.1. The summed E-state index contributed by atoms with van der Waals surface area (Å²) in [5, 5.41) is 0.135. The number of rotatable bonds is 4. The molecule has 0 N–H and O–H groups in total. The molecule has 132 valence electrons. The summed E-state index contributed by atoms with van der Waals surface area (Å²) in [6.07, 6.45) is -0.822. The fourth-order valence-electron chi connectivity index (χ4n) is 2.48. The zero-order valence-electron chi connectivity index (χ0n) is 13.2. The second-order valence-corrected chi connectivity index (χ2v) is 8.34. The number of sulfone groups is 1. The quantitative estimate of drug-likeness (QED) is 0.745. The van der Waals surface area contributed by atoms with E-state index < -0.39 is 39.7 Å². The van der Waals surface area contributed by atoms with E-state index >= 15 is 0 Å². The molecule has 0 bridgehead atoms. The molecule has 24 heavy (non-hydrogen) atoms. The number of benzene rings is 1. The van der Waals surface area contributed by atoms with Crippen molar-refractivity contribution in [3.63, 3.8) is 0 Å². The first kappa shape index (κ1) is 18.7. The Bertz CT molecular complexity index is 767. The van der Waals surface area contributed by atoms with E-state index in [1.807, 2.05) is 0 Å². The minimum absolute atomic E-state index is 0.0272. The van der Waals surface area contributed by atoms with E-state index in [1.165, 1.54) is 31.0 Å². The largest absolute Gasteiger partial charge is 0.449 e. The van der Waals surface area contributed by atoms with Crippen LogP contribution >= 0.6 is 11.6 Å². The zero-order chi connectivity index (χ0) is 18.1. The summed E-state index contributed by atoms with van der Waals surface area (Å²) < 4.78 is 41.7. The summed E-state index contributed by atoms with van der Waals surface area (Å²) in [4.78, 5) is 25.5. The van der Waals surface area contributed by atoms with Crippen molar-refractivity contribution in [2.45, 2.75) is 25.5 Å². The molecular weight excluding hydrogens is 361 g/mol. The third-order valence-corrected chi connectivity index (χ3v) is 5.87. The lowest BCUT2D eigenvalue weighted by molar-refractivity contribution is -0.140. The maximum atomic E-state index is 13.7. The number of likely N-dealkylation sites (N-methyl/N-ethyl adjacent to an activating group) is 1. The van der Waals surface area contributed by atoms with Crippen molar-refractivity contribution in [3.8, 4) is 0 Å². The van der Waals surface area contributed by atoms with Crippen molar-refractivity contribution >= 4 is 33.3 Å². The van der Waals surface area contributed by atoms with Gasteiger partial charge in [-0.05, 0) is 31.5 Å². The SMILES string of the molecule is C[C@H](OC(=O)c1ccc(Cl)cc1F)C(=O)N(C)[C@@H]1CCS(=O)(=O)C1. The van der Waals surface area contributed by atoms with Crippen LogP contribution in [-0.2, 0) is 19.4 Å². The minimum Gasteiger partial charge on any atom is -0.449 e. The van der Waals surface area contributed by atoms with Crippen LogP contribution in [0, 0.1) is 5.82 Å². The summed E-state index contributed by atoms with van der Waals surface area (Å²) in [6.45, 7) is 1.36. The van der Waals surface area contributed by atoms with Crippen LogP contribution in [0.3, 0.4) is 0 Å². The normalized spacial score (nSPS) is 20.4. The van der Waals surface area contributed by atoms with Crippen LogP contribution in [0.15, 0.2) is 18.2 Å². The van der Waals surface area contributed by atoms with Gasteiger partial charge < -0.3 is 9.64 Å². The van der Waals surface area contributed by atoms with Crippen LogP contribution in [0.4, 0.5) is 4.39 Å². The van der Waals surface area contributed by atoms with Gasteiger partial charge in [-0.15, -0.1) is 0 Å². The summed E-state index contributed by atoms with van der Waals surface area (Å²) in [5.41, 5.74) is -0.329. The van der Waals surface area contributed by atoms with Gasteiger partial charge in [0, 0.05) is 18.1 Å². The molecular formula is C15H17ClFNO5S. The lowest BCUT2D eigenvalue weighted by atomic mass is 10.2. The Labute approximate surface area is 144 Å². The molecule has 1 aromatic carbocycles. The molecule has 1 aromatic rings. The predicted octanol–water partition coefficient (Wildman–Crippen LogP) is 1.67. The van der Waals surface area contributed by atoms with Crippen LogP contribution in [0.5, 0.6) is 0 Å². The molecule has 1 fully saturated rings. The lowest BCUT2D eigenvalue weighted by Crippen LogP contribution is -2.44. The van der Waals surface area contributed by atoms with E-state index in [2.05, 4.69) is 0 Å². The number of hydrogen-bond acceptors (Lipinski definition) is 5. The van der Waals surface area contributed by atoms with Gasteiger partial charge in [-0.2, -0.15) is 0 Å². The van der Waals surface area contributed by atoms with Gasteiger partial charge in [0.1, 0.15) is 5.82 Å². The topological polar surface area (TPSA) is 80.8 Å². The molecule has 0 aliphatic carbocycles. The molecule has 1 saturated heterocycles. The van der Waals surface area contributed by atoms with E-state index in [9.17, 15) is 22.4 Å². The number of carbonyl (C=O) groups excluding carboxylic acids is 2. The van der Waals surface area contributed by atoms with Crippen molar-refractivity contribution in [1.82, 2.24) is 4.90 Å². The van der Waals surface area contributed by atoms with Crippen molar-refractivity contribution in [3.05, 3.63) is 34.6 Å². The number of esters is 1. The first-order valence-corrected chi connectivity index (χ1v) is 9.44. The highest BCUT2D eigenvalue weighted by molar-refractivity contribution is 7.91. The number of nitrogens with zero attached hydrogens (tertiary/aromatic N) is 1. The highest BCUT2D eigenvalue weighted by atomic mass is 35.5.